The molecule has 0 radical (unpaired) electrons. The molecule has 0 aromatic heterocycles. The molecule has 0 aromatic carbocycles. The molecule has 104 valence electrons. The van der Waals surface area contributed by atoms with Crippen LogP contribution in [0.4, 0.5) is 0 Å². The van der Waals surface area contributed by atoms with Crippen molar-refractivity contribution < 1.29 is 17.2 Å². The second kappa shape index (κ2) is 9.85. The van der Waals surface area contributed by atoms with Gasteiger partial charge < -0.3 is 0 Å². The van der Waals surface area contributed by atoms with Crippen molar-refractivity contribution in [2.24, 2.45) is 5.92 Å². The first kappa shape index (κ1) is 16.9. The molecule has 0 aliphatic rings. The average Bonchev–Trinajstić information content (AvgIpc) is 2.23. The van der Waals surface area contributed by atoms with Crippen LogP contribution in [0.1, 0.15) is 65.2 Å². The summed E-state index contributed by atoms with van der Waals surface area (Å²) in [7, 11) is -4.27. The van der Waals surface area contributed by atoms with Crippen molar-refractivity contribution in [2.75, 3.05) is 6.61 Å². The summed E-state index contributed by atoms with van der Waals surface area (Å²) in [5.74, 6) is 0.517. The predicted octanol–water partition coefficient (Wildman–Crippen LogP) is 3.58. The Bertz CT molecular complexity index is 262. The lowest BCUT2D eigenvalue weighted by Crippen LogP contribution is -2.10. The van der Waals surface area contributed by atoms with E-state index in [4.69, 9.17) is 4.55 Å². The Morgan fingerprint density at radius 1 is 1.00 bits per heavy atom. The van der Waals surface area contributed by atoms with Crippen LogP contribution in [0, 0.1) is 5.92 Å². The van der Waals surface area contributed by atoms with E-state index >= 15 is 0 Å². The normalized spacial score (nSPS) is 13.8. The van der Waals surface area contributed by atoms with Crippen LogP contribution in [0.25, 0.3) is 0 Å². The topological polar surface area (TPSA) is 63.6 Å². The van der Waals surface area contributed by atoms with Gasteiger partial charge in [-0.05, 0) is 12.3 Å². The first-order chi connectivity index (χ1) is 7.99. The zero-order valence-corrected chi connectivity index (χ0v) is 11.8. The van der Waals surface area contributed by atoms with E-state index in [1.807, 2.05) is 0 Å². The summed E-state index contributed by atoms with van der Waals surface area (Å²) >= 11 is 0. The van der Waals surface area contributed by atoms with Crippen LogP contribution in [-0.2, 0) is 14.6 Å². The molecule has 1 atom stereocenters. The van der Waals surface area contributed by atoms with Crippen molar-refractivity contribution in [1.82, 2.24) is 0 Å². The molecular weight excluding hydrogens is 240 g/mol. The molecule has 0 aliphatic carbocycles. The largest absolute Gasteiger partial charge is 0.397 e. The molecule has 5 heteroatoms. The van der Waals surface area contributed by atoms with E-state index in [2.05, 4.69) is 18.0 Å². The lowest BCUT2D eigenvalue weighted by atomic mass is 9.93. The third-order valence-corrected chi connectivity index (χ3v) is 3.40. The smallest absolute Gasteiger partial charge is 0.264 e. The fourth-order valence-corrected chi connectivity index (χ4v) is 2.24. The third-order valence-electron chi connectivity index (χ3n) is 2.94. The van der Waals surface area contributed by atoms with Gasteiger partial charge in [0.25, 0.3) is 0 Å². The highest BCUT2D eigenvalue weighted by atomic mass is 32.3. The molecule has 0 aliphatic heterocycles. The van der Waals surface area contributed by atoms with Crippen molar-refractivity contribution in [1.29, 1.82) is 0 Å². The van der Waals surface area contributed by atoms with Gasteiger partial charge in [-0.25, -0.2) is 4.18 Å². The predicted molar refractivity (Wildman–Crippen MR) is 69.3 cm³/mol. The maximum Gasteiger partial charge on any atom is 0.397 e. The van der Waals surface area contributed by atoms with E-state index in [1.54, 1.807) is 0 Å². The minimum absolute atomic E-state index is 0.0966. The van der Waals surface area contributed by atoms with Crippen LogP contribution in [0.3, 0.4) is 0 Å². The van der Waals surface area contributed by atoms with E-state index in [0.29, 0.717) is 12.3 Å². The van der Waals surface area contributed by atoms with E-state index in [9.17, 15) is 8.42 Å². The summed E-state index contributed by atoms with van der Waals surface area (Å²) in [4.78, 5) is 0. The van der Waals surface area contributed by atoms with Gasteiger partial charge in [0, 0.05) is 0 Å². The molecule has 0 heterocycles. The average molecular weight is 266 g/mol. The van der Waals surface area contributed by atoms with E-state index in [0.717, 1.165) is 19.3 Å². The van der Waals surface area contributed by atoms with Crippen molar-refractivity contribution in [2.45, 2.75) is 65.2 Å². The summed E-state index contributed by atoms with van der Waals surface area (Å²) < 4.78 is 33.7. The van der Waals surface area contributed by atoms with Gasteiger partial charge in [0.05, 0.1) is 6.61 Å². The highest BCUT2D eigenvalue weighted by molar-refractivity contribution is 7.80. The van der Waals surface area contributed by atoms with Gasteiger partial charge in [-0.1, -0.05) is 58.8 Å². The molecule has 1 N–H and O–H groups in total. The van der Waals surface area contributed by atoms with Crippen LogP contribution < -0.4 is 0 Å². The first-order valence-electron chi connectivity index (χ1n) is 6.61. The Morgan fingerprint density at radius 2 is 1.59 bits per heavy atom. The lowest BCUT2D eigenvalue weighted by Gasteiger charge is -2.15. The molecule has 17 heavy (non-hydrogen) atoms. The molecule has 0 rings (SSSR count). The lowest BCUT2D eigenvalue weighted by molar-refractivity contribution is 0.235. The van der Waals surface area contributed by atoms with Crippen LogP contribution in [-0.4, -0.2) is 19.6 Å². The van der Waals surface area contributed by atoms with Crippen molar-refractivity contribution in [3.05, 3.63) is 0 Å². The SMILES string of the molecule is CCCCCC(CCCC)CCOS(=O)(=O)O. The van der Waals surface area contributed by atoms with Crippen LogP contribution >= 0.6 is 0 Å². The standard InChI is InChI=1S/C12H26O4S/c1-3-5-7-9-12(8-6-4-2)10-11-16-17(13,14)15/h12H,3-11H2,1-2H3,(H,13,14,15). The van der Waals surface area contributed by atoms with Gasteiger partial charge >= 0.3 is 10.4 Å². The maximum atomic E-state index is 10.4. The van der Waals surface area contributed by atoms with Crippen molar-refractivity contribution in [3.63, 3.8) is 0 Å². The van der Waals surface area contributed by atoms with Crippen molar-refractivity contribution >= 4 is 10.4 Å². The second-order valence-electron chi connectivity index (χ2n) is 4.54. The van der Waals surface area contributed by atoms with Crippen LogP contribution in [0.2, 0.25) is 0 Å². The zero-order chi connectivity index (χ0) is 13.1. The molecule has 0 fully saturated rings. The highest BCUT2D eigenvalue weighted by Gasteiger charge is 2.11. The second-order valence-corrected chi connectivity index (χ2v) is 5.63. The number of rotatable bonds is 11. The van der Waals surface area contributed by atoms with Crippen molar-refractivity contribution in [3.8, 4) is 0 Å². The zero-order valence-electron chi connectivity index (χ0n) is 11.0. The maximum absolute atomic E-state index is 10.4. The minimum atomic E-state index is -4.27. The minimum Gasteiger partial charge on any atom is -0.264 e. The Labute approximate surface area is 106 Å². The molecule has 0 aromatic rings. The molecule has 0 bridgehead atoms. The Hall–Kier alpha value is -0.130. The van der Waals surface area contributed by atoms with Gasteiger partial charge in [0.2, 0.25) is 0 Å². The highest BCUT2D eigenvalue weighted by Crippen LogP contribution is 2.20. The van der Waals surface area contributed by atoms with Gasteiger partial charge in [-0.15, -0.1) is 0 Å². The molecule has 0 amide bonds. The first-order valence-corrected chi connectivity index (χ1v) is 7.98. The monoisotopic (exact) mass is 266 g/mol. The Balaban J connectivity index is 3.83. The number of hydrogen-bond donors (Lipinski definition) is 1. The van der Waals surface area contributed by atoms with Gasteiger partial charge in [-0.3, -0.25) is 4.55 Å². The summed E-state index contributed by atoms with van der Waals surface area (Å²) in [6.07, 6.45) is 8.90. The van der Waals surface area contributed by atoms with E-state index in [-0.39, 0.29) is 6.61 Å². The Morgan fingerprint density at radius 3 is 2.12 bits per heavy atom. The molecule has 0 saturated carbocycles. The quantitative estimate of drug-likeness (QED) is 0.458. The molecular formula is C12H26O4S. The Kier molecular flexibility index (Phi) is 9.78. The summed E-state index contributed by atoms with van der Waals surface area (Å²) in [5, 5.41) is 0. The fraction of sp³-hybridized carbons (Fsp3) is 1.00. The molecule has 0 saturated heterocycles. The van der Waals surface area contributed by atoms with E-state index in [1.165, 1.54) is 25.7 Å². The molecule has 1 unspecified atom stereocenters. The van der Waals surface area contributed by atoms with E-state index < -0.39 is 10.4 Å². The van der Waals surface area contributed by atoms with Crippen LogP contribution in [0.5, 0.6) is 0 Å². The summed E-state index contributed by atoms with van der Waals surface area (Å²) in [6.45, 7) is 4.42. The van der Waals surface area contributed by atoms with Crippen LogP contribution in [0.15, 0.2) is 0 Å². The fourth-order valence-electron chi connectivity index (χ4n) is 1.93. The third kappa shape index (κ3) is 12.1. The van der Waals surface area contributed by atoms with Gasteiger partial charge in [-0.2, -0.15) is 8.42 Å². The van der Waals surface area contributed by atoms with Gasteiger partial charge in [0.15, 0.2) is 0 Å². The van der Waals surface area contributed by atoms with Gasteiger partial charge in [0.1, 0.15) is 0 Å². The summed E-state index contributed by atoms with van der Waals surface area (Å²) in [5.41, 5.74) is 0. The number of hydrogen-bond acceptors (Lipinski definition) is 3. The molecule has 0 spiro atoms. The summed E-state index contributed by atoms with van der Waals surface area (Å²) in [6, 6.07) is 0. The number of unbranched alkanes of at least 4 members (excludes halogenated alkanes) is 3. The molecule has 4 nitrogen and oxygen atoms in total.